The van der Waals surface area contributed by atoms with Crippen molar-refractivity contribution in [2.24, 2.45) is 0 Å². The molecule has 2 heteroatoms. The Balaban J connectivity index is 1.68. The van der Waals surface area contributed by atoms with Gasteiger partial charge in [-0.1, -0.05) is 57.2 Å². The van der Waals surface area contributed by atoms with Gasteiger partial charge in [0.1, 0.15) is 0 Å². The van der Waals surface area contributed by atoms with E-state index in [1.165, 1.54) is 42.9 Å². The molecule has 0 N–H and O–H groups in total. The van der Waals surface area contributed by atoms with E-state index >= 15 is 0 Å². The third-order valence-corrected chi connectivity index (χ3v) is 6.78. The Morgan fingerprint density at radius 1 is 0.885 bits per heavy atom. The van der Waals surface area contributed by atoms with Gasteiger partial charge in [0, 0.05) is 21.2 Å². The number of benzene rings is 2. The molecule has 2 aromatic heterocycles. The highest BCUT2D eigenvalue weighted by molar-refractivity contribution is 7.19. The number of thiophene rings is 1. The lowest BCUT2D eigenvalue weighted by Gasteiger charge is -2.14. The quantitative estimate of drug-likeness (QED) is 0.316. The molecule has 1 aliphatic heterocycles. The molecule has 0 atom stereocenters. The molecule has 2 aromatic carbocycles. The molecule has 0 bridgehead atoms. The van der Waals surface area contributed by atoms with E-state index in [4.69, 9.17) is 0 Å². The van der Waals surface area contributed by atoms with Gasteiger partial charge in [-0.2, -0.15) is 4.57 Å². The molecule has 0 saturated heterocycles. The van der Waals surface area contributed by atoms with Gasteiger partial charge in [-0.3, -0.25) is 0 Å². The van der Waals surface area contributed by atoms with E-state index < -0.39 is 0 Å². The lowest BCUT2D eigenvalue weighted by atomic mass is 9.93. The zero-order valence-electron chi connectivity index (χ0n) is 15.4. The number of fused-ring (bicyclic) bond motifs is 5. The summed E-state index contributed by atoms with van der Waals surface area (Å²) in [5, 5.41) is 1.40. The van der Waals surface area contributed by atoms with Crippen LogP contribution in [0.25, 0.3) is 32.5 Å². The van der Waals surface area contributed by atoms with Crippen LogP contribution in [0.1, 0.15) is 31.2 Å². The van der Waals surface area contributed by atoms with E-state index in [1.807, 2.05) is 11.3 Å². The summed E-state index contributed by atoms with van der Waals surface area (Å²) in [7, 11) is 0. The first-order chi connectivity index (χ1) is 12.5. The Bertz CT molecular complexity index is 1130. The van der Waals surface area contributed by atoms with Crippen molar-refractivity contribution in [1.82, 2.24) is 0 Å². The minimum Gasteiger partial charge on any atom is -0.193 e. The van der Waals surface area contributed by atoms with Gasteiger partial charge in [0.05, 0.1) is 10.9 Å². The van der Waals surface area contributed by atoms with Gasteiger partial charge >= 0.3 is 0 Å². The predicted octanol–water partition coefficient (Wildman–Crippen LogP) is 6.18. The highest BCUT2D eigenvalue weighted by Gasteiger charge is 2.30. The summed E-state index contributed by atoms with van der Waals surface area (Å²) in [6, 6.07) is 22.3. The van der Waals surface area contributed by atoms with E-state index in [9.17, 15) is 0 Å². The van der Waals surface area contributed by atoms with E-state index in [0.29, 0.717) is 0 Å². The van der Waals surface area contributed by atoms with Crippen LogP contribution in [0.5, 0.6) is 0 Å². The van der Waals surface area contributed by atoms with Gasteiger partial charge in [0.25, 0.3) is 0 Å². The van der Waals surface area contributed by atoms with Crippen molar-refractivity contribution in [3.63, 3.8) is 0 Å². The van der Waals surface area contributed by atoms with Crippen LogP contribution in [-0.2, 0) is 12.0 Å². The third-order valence-electron chi connectivity index (χ3n) is 5.26. The molecule has 1 nitrogen and oxygen atoms in total. The van der Waals surface area contributed by atoms with E-state index in [0.717, 1.165) is 6.54 Å². The highest BCUT2D eigenvalue weighted by Crippen LogP contribution is 2.40. The molecular formula is C24H22NS+. The molecule has 0 saturated carbocycles. The van der Waals surface area contributed by atoms with Crippen molar-refractivity contribution in [3.05, 3.63) is 77.3 Å². The van der Waals surface area contributed by atoms with E-state index in [1.54, 1.807) is 0 Å². The smallest absolute Gasteiger partial charge is 0.193 e. The van der Waals surface area contributed by atoms with Gasteiger partial charge in [-0.15, -0.1) is 11.3 Å². The van der Waals surface area contributed by atoms with Gasteiger partial charge in [0.15, 0.2) is 12.7 Å². The molecule has 1 aliphatic rings. The Labute approximate surface area is 158 Å². The average Bonchev–Trinajstić information content (AvgIpc) is 3.22. The summed E-state index contributed by atoms with van der Waals surface area (Å²) >= 11 is 1.93. The molecule has 4 aromatic rings. The Hall–Kier alpha value is -2.45. The average molecular weight is 357 g/mol. The summed E-state index contributed by atoms with van der Waals surface area (Å²) in [5.74, 6) is 0. The maximum Gasteiger partial charge on any atom is 0.222 e. The summed E-state index contributed by atoms with van der Waals surface area (Å²) in [6.07, 6.45) is 2.25. The minimum atomic E-state index is 0.194. The predicted molar refractivity (Wildman–Crippen MR) is 111 cm³/mol. The van der Waals surface area contributed by atoms with E-state index in [2.05, 4.69) is 92.2 Å². The van der Waals surface area contributed by atoms with Crippen LogP contribution >= 0.6 is 11.3 Å². The van der Waals surface area contributed by atoms with Gasteiger partial charge < -0.3 is 0 Å². The third kappa shape index (κ3) is 2.40. The second-order valence-electron chi connectivity index (χ2n) is 8.17. The fourth-order valence-electron chi connectivity index (χ4n) is 3.85. The maximum absolute atomic E-state index is 2.41. The molecule has 0 spiro atoms. The van der Waals surface area contributed by atoms with Crippen LogP contribution in [0.4, 0.5) is 0 Å². The minimum absolute atomic E-state index is 0.194. The van der Waals surface area contributed by atoms with Crippen molar-refractivity contribution in [2.75, 3.05) is 0 Å². The fraction of sp³-hybridized carbons (Fsp3) is 0.208. The first-order valence-corrected chi connectivity index (χ1v) is 9.97. The molecule has 0 aliphatic carbocycles. The molecule has 3 heterocycles. The second kappa shape index (κ2) is 5.52. The zero-order valence-corrected chi connectivity index (χ0v) is 16.2. The van der Waals surface area contributed by atoms with Crippen LogP contribution in [-0.4, -0.2) is 0 Å². The number of hydrogen-bond acceptors (Lipinski definition) is 1. The monoisotopic (exact) mass is 356 g/mol. The molecule has 0 unspecified atom stereocenters. The second-order valence-corrected chi connectivity index (χ2v) is 9.25. The summed E-state index contributed by atoms with van der Waals surface area (Å²) in [5.41, 5.74) is 6.96. The van der Waals surface area contributed by atoms with Crippen molar-refractivity contribution in [3.8, 4) is 22.4 Å². The zero-order chi connectivity index (χ0) is 17.9. The van der Waals surface area contributed by atoms with Crippen LogP contribution in [0.3, 0.4) is 0 Å². The Kier molecular flexibility index (Phi) is 3.35. The number of nitrogens with zero attached hydrogens (tertiary/aromatic N) is 1. The fourth-order valence-corrected chi connectivity index (χ4v) is 4.97. The molecule has 26 heavy (non-hydrogen) atoms. The SMILES string of the molecule is CC(C)(C)c1cc2c3[n+](ccc2s1)Cc1cc(-c2ccccc2)ccc1-3. The van der Waals surface area contributed by atoms with Crippen molar-refractivity contribution >= 4 is 21.4 Å². The lowest BCUT2D eigenvalue weighted by molar-refractivity contribution is -0.670. The van der Waals surface area contributed by atoms with E-state index in [-0.39, 0.29) is 5.41 Å². The summed E-state index contributed by atoms with van der Waals surface area (Å²) < 4.78 is 3.79. The molecular weight excluding hydrogens is 334 g/mol. The molecule has 128 valence electrons. The number of pyridine rings is 1. The standard InChI is InChI=1S/C24H22NS/c1-24(2,3)22-14-20-21(26-22)11-12-25-15-18-13-17(9-10-19(18)23(20)25)16-7-5-4-6-8-16/h4-14H,15H2,1-3H3/q+1. The van der Waals surface area contributed by atoms with Gasteiger partial charge in [-0.25, -0.2) is 0 Å². The molecule has 0 radical (unpaired) electrons. The lowest BCUT2D eigenvalue weighted by Crippen LogP contribution is -2.31. The normalized spacial score (nSPS) is 13.0. The van der Waals surface area contributed by atoms with Gasteiger partial charge in [0.2, 0.25) is 5.69 Å². The number of rotatable bonds is 1. The molecule has 0 fully saturated rings. The molecule has 5 rings (SSSR count). The first kappa shape index (κ1) is 15.8. The topological polar surface area (TPSA) is 3.88 Å². The molecule has 0 amide bonds. The summed E-state index contributed by atoms with van der Waals surface area (Å²) in [6.45, 7) is 7.85. The van der Waals surface area contributed by atoms with Crippen LogP contribution < -0.4 is 4.57 Å². The Morgan fingerprint density at radius 2 is 1.69 bits per heavy atom. The van der Waals surface area contributed by atoms with Crippen molar-refractivity contribution in [1.29, 1.82) is 0 Å². The number of hydrogen-bond donors (Lipinski definition) is 0. The Morgan fingerprint density at radius 3 is 2.46 bits per heavy atom. The van der Waals surface area contributed by atoms with Crippen molar-refractivity contribution < 1.29 is 4.57 Å². The summed E-state index contributed by atoms with van der Waals surface area (Å²) in [4.78, 5) is 1.45. The number of aromatic nitrogens is 1. The van der Waals surface area contributed by atoms with Gasteiger partial charge in [-0.05, 0) is 34.7 Å². The van der Waals surface area contributed by atoms with Crippen LogP contribution in [0.2, 0.25) is 0 Å². The largest absolute Gasteiger partial charge is 0.222 e. The van der Waals surface area contributed by atoms with Crippen molar-refractivity contribution in [2.45, 2.75) is 32.7 Å². The maximum atomic E-state index is 2.41. The first-order valence-electron chi connectivity index (χ1n) is 9.16. The highest BCUT2D eigenvalue weighted by atomic mass is 32.1. The van der Waals surface area contributed by atoms with Crippen LogP contribution in [0, 0.1) is 0 Å². The van der Waals surface area contributed by atoms with Crippen LogP contribution in [0.15, 0.2) is 66.9 Å².